The molecule has 98 valence electrons. The van der Waals surface area contributed by atoms with Gasteiger partial charge in [0.15, 0.2) is 0 Å². The Morgan fingerprint density at radius 3 is 2.65 bits per heavy atom. The highest BCUT2D eigenvalue weighted by Gasteiger charge is 2.28. The number of amides is 1. The van der Waals surface area contributed by atoms with Crippen LogP contribution in [0.25, 0.3) is 0 Å². The average molecular weight is 239 g/mol. The lowest BCUT2D eigenvalue weighted by molar-refractivity contribution is -0.136. The molecule has 1 amide bonds. The summed E-state index contributed by atoms with van der Waals surface area (Å²) in [5, 5.41) is 3.35. The number of likely N-dealkylation sites (tertiary alicyclic amines) is 1. The van der Waals surface area contributed by atoms with Gasteiger partial charge in [-0.25, -0.2) is 0 Å². The van der Waals surface area contributed by atoms with Crippen molar-refractivity contribution in [2.24, 2.45) is 5.92 Å². The van der Waals surface area contributed by atoms with E-state index in [1.165, 1.54) is 0 Å². The van der Waals surface area contributed by atoms with Gasteiger partial charge < -0.3 is 15.1 Å². The van der Waals surface area contributed by atoms with E-state index in [-0.39, 0.29) is 5.92 Å². The van der Waals surface area contributed by atoms with Crippen LogP contribution >= 0.6 is 0 Å². The Hall–Kier alpha value is -0.610. The summed E-state index contributed by atoms with van der Waals surface area (Å²) in [4.78, 5) is 16.9. The molecule has 0 radical (unpaired) electrons. The zero-order valence-corrected chi connectivity index (χ0v) is 11.0. The number of hydrogen-bond acceptors (Lipinski definition) is 3. The minimum Gasteiger partial charge on any atom is -0.341 e. The van der Waals surface area contributed by atoms with Crippen LogP contribution in [-0.2, 0) is 4.79 Å². The Balaban J connectivity index is 1.82. The predicted molar refractivity (Wildman–Crippen MR) is 68.9 cm³/mol. The fourth-order valence-electron chi connectivity index (χ4n) is 2.82. The predicted octanol–water partition coefficient (Wildman–Crippen LogP) is 0.540. The van der Waals surface area contributed by atoms with Crippen molar-refractivity contribution in [3.63, 3.8) is 0 Å². The number of piperidine rings is 1. The smallest absolute Gasteiger partial charge is 0.225 e. The van der Waals surface area contributed by atoms with E-state index in [4.69, 9.17) is 0 Å². The molecule has 0 aromatic heterocycles. The molecule has 2 aliphatic rings. The molecular formula is C13H25N3O. The van der Waals surface area contributed by atoms with Gasteiger partial charge in [-0.05, 0) is 45.4 Å². The van der Waals surface area contributed by atoms with Crippen molar-refractivity contribution in [3.05, 3.63) is 0 Å². The summed E-state index contributed by atoms with van der Waals surface area (Å²) >= 11 is 0. The van der Waals surface area contributed by atoms with Crippen LogP contribution in [-0.4, -0.2) is 61.5 Å². The fourth-order valence-corrected chi connectivity index (χ4v) is 2.82. The molecule has 2 rings (SSSR count). The van der Waals surface area contributed by atoms with Crippen molar-refractivity contribution in [1.82, 2.24) is 15.1 Å². The van der Waals surface area contributed by atoms with E-state index >= 15 is 0 Å². The minimum absolute atomic E-state index is 0.288. The first-order valence-electron chi connectivity index (χ1n) is 7.03. The molecule has 2 aliphatic heterocycles. The molecule has 0 aromatic rings. The van der Waals surface area contributed by atoms with E-state index in [1.807, 2.05) is 0 Å². The highest BCUT2D eigenvalue weighted by molar-refractivity contribution is 5.79. The quantitative estimate of drug-likeness (QED) is 0.764. The summed E-state index contributed by atoms with van der Waals surface area (Å²) in [6.07, 6.45) is 3.20. The number of rotatable bonds is 2. The maximum Gasteiger partial charge on any atom is 0.225 e. The van der Waals surface area contributed by atoms with E-state index in [0.717, 1.165) is 65.1 Å². The van der Waals surface area contributed by atoms with Crippen LogP contribution < -0.4 is 5.32 Å². The molecule has 0 spiro atoms. The first-order chi connectivity index (χ1) is 8.31. The first kappa shape index (κ1) is 12.8. The molecule has 2 fully saturated rings. The molecule has 0 aromatic carbocycles. The lowest BCUT2D eigenvalue weighted by atomic mass is 9.95. The second-order valence-corrected chi connectivity index (χ2v) is 5.14. The number of nitrogens with one attached hydrogen (secondary N) is 1. The van der Waals surface area contributed by atoms with Gasteiger partial charge in [-0.1, -0.05) is 6.92 Å². The van der Waals surface area contributed by atoms with E-state index in [2.05, 4.69) is 22.0 Å². The van der Waals surface area contributed by atoms with Crippen molar-refractivity contribution < 1.29 is 4.79 Å². The Labute approximate surface area is 104 Å². The molecule has 1 N–H and O–H groups in total. The Bertz CT molecular complexity index is 241. The number of carbonyl (C=O) groups excluding carboxylic acids is 1. The zero-order chi connectivity index (χ0) is 12.1. The van der Waals surface area contributed by atoms with Crippen LogP contribution in [0.2, 0.25) is 0 Å². The van der Waals surface area contributed by atoms with Gasteiger partial charge >= 0.3 is 0 Å². The molecule has 4 nitrogen and oxygen atoms in total. The van der Waals surface area contributed by atoms with Gasteiger partial charge in [-0.2, -0.15) is 0 Å². The minimum atomic E-state index is 0.288. The summed E-state index contributed by atoms with van der Waals surface area (Å²) in [5.74, 6) is 0.695. The maximum atomic E-state index is 12.4. The van der Waals surface area contributed by atoms with Crippen LogP contribution in [0.1, 0.15) is 26.2 Å². The van der Waals surface area contributed by atoms with Crippen LogP contribution in [0, 0.1) is 5.92 Å². The molecule has 4 heteroatoms. The number of hydrogen-bond donors (Lipinski definition) is 1. The lowest BCUT2D eigenvalue weighted by Gasteiger charge is -2.33. The molecule has 0 saturated carbocycles. The van der Waals surface area contributed by atoms with Crippen molar-refractivity contribution >= 4 is 5.91 Å². The zero-order valence-electron chi connectivity index (χ0n) is 11.0. The van der Waals surface area contributed by atoms with Gasteiger partial charge in [0.2, 0.25) is 5.91 Å². The average Bonchev–Trinajstić information content (AvgIpc) is 2.67. The summed E-state index contributed by atoms with van der Waals surface area (Å²) in [6.45, 7) is 9.36. The standard InChI is InChI=1S/C13H25N3O/c1-2-15-9-4-12(5-10-15)13(17)16-8-3-6-14-7-11-16/h12,14H,2-11H2,1H3. The van der Waals surface area contributed by atoms with Gasteiger partial charge in [-0.3, -0.25) is 4.79 Å². The Kier molecular flexibility index (Phi) is 4.80. The third-order valence-electron chi connectivity index (χ3n) is 4.04. The summed E-state index contributed by atoms with van der Waals surface area (Å²) in [7, 11) is 0. The SMILES string of the molecule is CCN1CCC(C(=O)N2CCCNCC2)CC1. The van der Waals surface area contributed by atoms with Crippen molar-refractivity contribution in [2.75, 3.05) is 45.8 Å². The third kappa shape index (κ3) is 3.42. The molecule has 2 heterocycles. The summed E-state index contributed by atoms with van der Waals surface area (Å²) in [5.41, 5.74) is 0. The van der Waals surface area contributed by atoms with Crippen LogP contribution in [0.15, 0.2) is 0 Å². The van der Waals surface area contributed by atoms with Crippen molar-refractivity contribution in [2.45, 2.75) is 26.2 Å². The highest BCUT2D eigenvalue weighted by Crippen LogP contribution is 2.19. The van der Waals surface area contributed by atoms with Crippen molar-refractivity contribution in [1.29, 1.82) is 0 Å². The number of nitrogens with zero attached hydrogens (tertiary/aromatic N) is 2. The normalized spacial score (nSPS) is 24.6. The molecular weight excluding hydrogens is 214 g/mol. The van der Waals surface area contributed by atoms with Crippen LogP contribution in [0.5, 0.6) is 0 Å². The molecule has 17 heavy (non-hydrogen) atoms. The first-order valence-corrected chi connectivity index (χ1v) is 7.03. The van der Waals surface area contributed by atoms with Crippen molar-refractivity contribution in [3.8, 4) is 0 Å². The van der Waals surface area contributed by atoms with Crippen LogP contribution in [0.4, 0.5) is 0 Å². The summed E-state index contributed by atoms with van der Waals surface area (Å²) < 4.78 is 0. The van der Waals surface area contributed by atoms with Gasteiger partial charge in [0.05, 0.1) is 0 Å². The van der Waals surface area contributed by atoms with Gasteiger partial charge in [0.25, 0.3) is 0 Å². The fraction of sp³-hybridized carbons (Fsp3) is 0.923. The maximum absolute atomic E-state index is 12.4. The third-order valence-corrected chi connectivity index (χ3v) is 4.04. The largest absolute Gasteiger partial charge is 0.341 e. The second kappa shape index (κ2) is 6.36. The molecule has 0 atom stereocenters. The topological polar surface area (TPSA) is 35.6 Å². The molecule has 0 bridgehead atoms. The van der Waals surface area contributed by atoms with E-state index in [1.54, 1.807) is 0 Å². The molecule has 0 unspecified atom stereocenters. The highest BCUT2D eigenvalue weighted by atomic mass is 16.2. The van der Waals surface area contributed by atoms with Gasteiger partial charge in [0.1, 0.15) is 0 Å². The van der Waals surface area contributed by atoms with E-state index < -0.39 is 0 Å². The lowest BCUT2D eigenvalue weighted by Crippen LogP contribution is -2.43. The molecule has 0 aliphatic carbocycles. The summed E-state index contributed by atoms with van der Waals surface area (Å²) in [6, 6.07) is 0. The van der Waals surface area contributed by atoms with Gasteiger partial charge in [0, 0.05) is 25.6 Å². The Morgan fingerprint density at radius 2 is 1.94 bits per heavy atom. The number of carbonyl (C=O) groups is 1. The van der Waals surface area contributed by atoms with Crippen LogP contribution in [0.3, 0.4) is 0 Å². The second-order valence-electron chi connectivity index (χ2n) is 5.14. The van der Waals surface area contributed by atoms with E-state index in [9.17, 15) is 4.79 Å². The van der Waals surface area contributed by atoms with E-state index in [0.29, 0.717) is 5.91 Å². The monoisotopic (exact) mass is 239 g/mol. The Morgan fingerprint density at radius 1 is 1.18 bits per heavy atom. The van der Waals surface area contributed by atoms with Gasteiger partial charge in [-0.15, -0.1) is 0 Å². The molecule has 2 saturated heterocycles.